The molecule has 0 aliphatic heterocycles. The fraction of sp³-hybridized carbons (Fsp3) is 0.600. The molecule has 4 aliphatic carbocycles. The largest absolute Gasteiger partial charge is 0.350 e. The smallest absolute Gasteiger partial charge is 0.239 e. The number of benzene rings is 1. The van der Waals surface area contributed by atoms with Gasteiger partial charge in [0, 0.05) is 16.4 Å². The van der Waals surface area contributed by atoms with Gasteiger partial charge in [-0.1, -0.05) is 23.7 Å². The first-order valence-corrected chi connectivity index (χ1v) is 10.1. The molecule has 0 spiro atoms. The molecular weight excluding hydrogens is 371 g/mol. The predicted octanol–water partition coefficient (Wildman–Crippen LogP) is 3.65. The Morgan fingerprint density at radius 2 is 1.85 bits per heavy atom. The average Bonchev–Trinajstić information content (AvgIpc) is 2.55. The summed E-state index contributed by atoms with van der Waals surface area (Å²) in [5.41, 5.74) is 0.571. The molecule has 4 saturated carbocycles. The van der Waals surface area contributed by atoms with Gasteiger partial charge in [0.2, 0.25) is 11.8 Å². The third-order valence-corrected chi connectivity index (χ3v) is 6.94. The fourth-order valence-corrected chi connectivity index (χ4v) is 6.58. The van der Waals surface area contributed by atoms with Crippen LogP contribution in [0, 0.1) is 17.3 Å². The Hall–Kier alpha value is -1.26. The molecule has 0 aromatic heterocycles. The lowest BCUT2D eigenvalue weighted by Crippen LogP contribution is -2.59. The average molecular weight is 395 g/mol. The Morgan fingerprint density at radius 3 is 2.50 bits per heavy atom. The fourth-order valence-electron chi connectivity index (χ4n) is 5.67. The second kappa shape index (κ2) is 6.72. The van der Waals surface area contributed by atoms with E-state index in [4.69, 9.17) is 23.2 Å². The minimum atomic E-state index is -0.362. The Kier molecular flexibility index (Phi) is 4.68. The molecule has 0 radical (unpaired) electrons. The van der Waals surface area contributed by atoms with Crippen LogP contribution >= 0.6 is 23.2 Å². The number of hydrogen-bond donors (Lipinski definition) is 2. The van der Waals surface area contributed by atoms with Crippen molar-refractivity contribution in [2.75, 3.05) is 6.54 Å². The maximum atomic E-state index is 12.9. The van der Waals surface area contributed by atoms with Gasteiger partial charge in [0.05, 0.1) is 12.0 Å². The van der Waals surface area contributed by atoms with Gasteiger partial charge in [-0.3, -0.25) is 9.59 Å². The van der Waals surface area contributed by atoms with Crippen LogP contribution in [0.1, 0.15) is 44.1 Å². The predicted molar refractivity (Wildman–Crippen MR) is 102 cm³/mol. The number of halogens is 2. The van der Waals surface area contributed by atoms with Crippen LogP contribution in [0.3, 0.4) is 0 Å². The van der Waals surface area contributed by atoms with Gasteiger partial charge in [-0.05, 0) is 68.1 Å². The van der Waals surface area contributed by atoms with Crippen LogP contribution < -0.4 is 10.6 Å². The summed E-state index contributed by atoms with van der Waals surface area (Å²) >= 11 is 12.7. The highest BCUT2D eigenvalue weighted by atomic mass is 35.5. The molecule has 2 N–H and O–H groups in total. The molecule has 0 heterocycles. The monoisotopic (exact) mass is 394 g/mol. The number of carbonyl (C=O) groups excluding carboxylic acids is 2. The number of amides is 2. The first-order valence-electron chi connectivity index (χ1n) is 9.34. The van der Waals surface area contributed by atoms with Crippen molar-refractivity contribution in [2.24, 2.45) is 17.3 Å². The van der Waals surface area contributed by atoms with Crippen molar-refractivity contribution in [3.63, 3.8) is 0 Å². The third-order valence-electron chi connectivity index (χ3n) is 6.26. The van der Waals surface area contributed by atoms with E-state index >= 15 is 0 Å². The molecule has 4 aliphatic rings. The van der Waals surface area contributed by atoms with Crippen LogP contribution in [-0.2, 0) is 16.1 Å². The summed E-state index contributed by atoms with van der Waals surface area (Å²) < 4.78 is 0. The molecule has 1 aromatic rings. The zero-order valence-electron chi connectivity index (χ0n) is 14.7. The van der Waals surface area contributed by atoms with Crippen molar-refractivity contribution in [1.29, 1.82) is 0 Å². The lowest BCUT2D eigenvalue weighted by Gasteiger charge is -2.59. The van der Waals surface area contributed by atoms with Gasteiger partial charge in [0.15, 0.2) is 0 Å². The molecule has 140 valence electrons. The molecule has 0 saturated heterocycles. The van der Waals surface area contributed by atoms with Gasteiger partial charge < -0.3 is 10.6 Å². The normalized spacial score (nSPS) is 34.5. The Bertz CT molecular complexity index is 722. The summed E-state index contributed by atoms with van der Waals surface area (Å²) in [6.07, 6.45) is 5.90. The molecule has 26 heavy (non-hydrogen) atoms. The van der Waals surface area contributed by atoms with E-state index in [1.807, 2.05) is 18.2 Å². The van der Waals surface area contributed by atoms with E-state index < -0.39 is 0 Å². The first kappa shape index (κ1) is 18.1. The maximum Gasteiger partial charge on any atom is 0.239 e. The number of alkyl halides is 1. The minimum Gasteiger partial charge on any atom is -0.350 e. The van der Waals surface area contributed by atoms with Crippen LogP contribution in [0.15, 0.2) is 24.3 Å². The molecule has 2 unspecified atom stereocenters. The van der Waals surface area contributed by atoms with Crippen molar-refractivity contribution in [3.05, 3.63) is 34.9 Å². The van der Waals surface area contributed by atoms with Gasteiger partial charge in [0.1, 0.15) is 0 Å². The van der Waals surface area contributed by atoms with Crippen LogP contribution in [0.4, 0.5) is 0 Å². The number of nitrogens with one attached hydrogen (secondary N) is 2. The Labute approximate surface area is 164 Å². The number of carbonyl (C=O) groups is 2. The molecule has 4 fully saturated rings. The van der Waals surface area contributed by atoms with Crippen molar-refractivity contribution < 1.29 is 9.59 Å². The highest BCUT2D eigenvalue weighted by Gasteiger charge is 2.59. The summed E-state index contributed by atoms with van der Waals surface area (Å²) in [5, 5.41) is 6.33. The summed E-state index contributed by atoms with van der Waals surface area (Å²) in [4.78, 5) is 24.8. The Morgan fingerprint density at radius 1 is 1.12 bits per heavy atom. The summed E-state index contributed by atoms with van der Waals surface area (Å²) in [7, 11) is 0. The second-order valence-electron chi connectivity index (χ2n) is 8.48. The van der Waals surface area contributed by atoms with E-state index in [1.165, 1.54) is 6.42 Å². The quantitative estimate of drug-likeness (QED) is 0.748. The maximum absolute atomic E-state index is 12.9. The van der Waals surface area contributed by atoms with Gasteiger partial charge >= 0.3 is 0 Å². The SMILES string of the molecule is O=C(CNC(=O)C12C[C@@H]3C[C@@H](CC(Cl)(C3)C1)C2)NCc1cccc(Cl)c1. The lowest BCUT2D eigenvalue weighted by atomic mass is 9.49. The molecule has 6 heteroatoms. The van der Waals surface area contributed by atoms with Gasteiger partial charge in [-0.25, -0.2) is 0 Å². The third kappa shape index (κ3) is 3.59. The molecule has 5 rings (SSSR count). The zero-order valence-corrected chi connectivity index (χ0v) is 16.2. The van der Waals surface area contributed by atoms with E-state index in [-0.39, 0.29) is 28.6 Å². The van der Waals surface area contributed by atoms with E-state index in [0.29, 0.717) is 23.4 Å². The Balaban J connectivity index is 1.30. The highest BCUT2D eigenvalue weighted by molar-refractivity contribution is 6.30. The molecule has 2 amide bonds. The molecular formula is C20H24Cl2N2O2. The van der Waals surface area contributed by atoms with Crippen LogP contribution in [0.2, 0.25) is 5.02 Å². The first-order chi connectivity index (χ1) is 12.4. The van der Waals surface area contributed by atoms with E-state index in [1.54, 1.807) is 6.07 Å². The molecule has 4 bridgehead atoms. The lowest BCUT2D eigenvalue weighted by molar-refractivity contribution is -0.145. The summed E-state index contributed by atoms with van der Waals surface area (Å²) in [6, 6.07) is 7.36. The second-order valence-corrected chi connectivity index (χ2v) is 9.72. The van der Waals surface area contributed by atoms with Crippen LogP contribution in [0.25, 0.3) is 0 Å². The molecule has 4 nitrogen and oxygen atoms in total. The van der Waals surface area contributed by atoms with Gasteiger partial charge in [-0.15, -0.1) is 11.6 Å². The summed E-state index contributed by atoms with van der Waals surface area (Å²) in [5.74, 6) is 0.950. The van der Waals surface area contributed by atoms with Gasteiger partial charge in [0.25, 0.3) is 0 Å². The van der Waals surface area contributed by atoms with E-state index in [9.17, 15) is 9.59 Å². The summed E-state index contributed by atoms with van der Waals surface area (Å²) in [6.45, 7) is 0.404. The standard InChI is InChI=1S/C20H24Cl2N2O2/c21-16-3-1-2-13(5-16)10-23-17(25)11-24-18(26)19-6-14-4-15(7-19)9-20(22,8-14)12-19/h1-3,5,14-15H,4,6-12H2,(H,23,25)(H,24,26)/t14-,15+,19?,20?. The van der Waals surface area contributed by atoms with Crippen LogP contribution in [-0.4, -0.2) is 23.2 Å². The van der Waals surface area contributed by atoms with E-state index in [0.717, 1.165) is 37.7 Å². The number of hydrogen-bond acceptors (Lipinski definition) is 2. The van der Waals surface area contributed by atoms with Crippen molar-refractivity contribution in [3.8, 4) is 0 Å². The van der Waals surface area contributed by atoms with Crippen molar-refractivity contribution >= 4 is 35.0 Å². The topological polar surface area (TPSA) is 58.2 Å². The molecule has 4 atom stereocenters. The van der Waals surface area contributed by atoms with E-state index in [2.05, 4.69) is 10.6 Å². The molecule has 1 aromatic carbocycles. The number of rotatable bonds is 5. The van der Waals surface area contributed by atoms with Crippen molar-refractivity contribution in [2.45, 2.75) is 49.9 Å². The van der Waals surface area contributed by atoms with Crippen molar-refractivity contribution in [1.82, 2.24) is 10.6 Å². The van der Waals surface area contributed by atoms with Crippen LogP contribution in [0.5, 0.6) is 0 Å². The minimum absolute atomic E-state index is 0.00572. The highest BCUT2D eigenvalue weighted by Crippen LogP contribution is 2.63. The zero-order chi connectivity index (χ0) is 18.4. The van der Waals surface area contributed by atoms with Gasteiger partial charge in [-0.2, -0.15) is 0 Å².